The van der Waals surface area contributed by atoms with Crippen LogP contribution in [-0.4, -0.2) is 6.54 Å². The molecule has 3 heteroatoms. The smallest absolute Gasteiger partial charge is 0.285 e. The summed E-state index contributed by atoms with van der Waals surface area (Å²) >= 11 is 0. The lowest BCUT2D eigenvalue weighted by molar-refractivity contribution is 0.00504. The zero-order valence-electron chi connectivity index (χ0n) is 7.84. The first kappa shape index (κ1) is 9.59. The number of hydrogen-bond acceptors (Lipinski definition) is 1. The molecule has 0 heterocycles. The van der Waals surface area contributed by atoms with E-state index in [1.807, 2.05) is 6.07 Å². The van der Waals surface area contributed by atoms with E-state index in [9.17, 15) is 8.78 Å². The van der Waals surface area contributed by atoms with Gasteiger partial charge in [0.25, 0.3) is 5.92 Å². The fourth-order valence-corrected chi connectivity index (χ4v) is 1.69. The monoisotopic (exact) mass is 197 g/mol. The number of halogens is 2. The van der Waals surface area contributed by atoms with Gasteiger partial charge in [-0.2, -0.15) is 8.78 Å². The van der Waals surface area contributed by atoms with E-state index >= 15 is 0 Å². The maximum atomic E-state index is 13.4. The molecule has 1 saturated carbocycles. The third-order valence-corrected chi connectivity index (χ3v) is 2.63. The minimum Gasteiger partial charge on any atom is -0.325 e. The molecule has 1 aliphatic rings. The van der Waals surface area contributed by atoms with Crippen molar-refractivity contribution in [2.45, 2.75) is 24.7 Å². The molecule has 0 aromatic heterocycles. The van der Waals surface area contributed by atoms with Crippen LogP contribution in [0, 0.1) is 0 Å². The zero-order chi connectivity index (χ0) is 10.2. The van der Waals surface area contributed by atoms with Gasteiger partial charge in [0.05, 0.1) is 6.54 Å². The van der Waals surface area contributed by atoms with E-state index in [1.165, 1.54) is 6.07 Å². The van der Waals surface area contributed by atoms with Crippen LogP contribution >= 0.6 is 0 Å². The summed E-state index contributed by atoms with van der Waals surface area (Å²) in [4.78, 5) is 0. The summed E-state index contributed by atoms with van der Waals surface area (Å²) in [6.45, 7) is -0.614. The largest absolute Gasteiger partial charge is 0.325 e. The lowest BCUT2D eigenvalue weighted by Gasteiger charge is -2.17. The lowest BCUT2D eigenvalue weighted by Crippen LogP contribution is -2.26. The van der Waals surface area contributed by atoms with E-state index in [2.05, 4.69) is 0 Å². The molecule has 14 heavy (non-hydrogen) atoms. The Morgan fingerprint density at radius 2 is 1.93 bits per heavy atom. The molecular weight excluding hydrogens is 184 g/mol. The van der Waals surface area contributed by atoms with E-state index in [4.69, 9.17) is 5.73 Å². The van der Waals surface area contributed by atoms with Crippen LogP contribution in [0.1, 0.15) is 29.9 Å². The molecular formula is C11H13F2N. The average Bonchev–Trinajstić information content (AvgIpc) is 3.01. The standard InChI is InChI=1S/C11H13F2N/c12-11(13,7-14)10-4-2-1-3-9(10)8-5-6-8/h1-4,8H,5-7,14H2. The highest BCUT2D eigenvalue weighted by Crippen LogP contribution is 2.44. The van der Waals surface area contributed by atoms with Gasteiger partial charge in [-0.1, -0.05) is 24.3 Å². The predicted molar refractivity (Wildman–Crippen MR) is 51.4 cm³/mol. The van der Waals surface area contributed by atoms with Crippen molar-refractivity contribution >= 4 is 0 Å². The molecule has 0 spiro atoms. The highest BCUT2D eigenvalue weighted by Gasteiger charge is 2.36. The fourth-order valence-electron chi connectivity index (χ4n) is 1.69. The topological polar surface area (TPSA) is 26.0 Å². The average molecular weight is 197 g/mol. The van der Waals surface area contributed by atoms with Gasteiger partial charge in [0.1, 0.15) is 0 Å². The Bertz CT molecular complexity index is 332. The summed E-state index contributed by atoms with van der Waals surface area (Å²) in [6.07, 6.45) is 2.05. The number of benzene rings is 1. The summed E-state index contributed by atoms with van der Waals surface area (Å²) in [5.41, 5.74) is 5.97. The van der Waals surface area contributed by atoms with Gasteiger partial charge in [0.2, 0.25) is 0 Å². The molecule has 0 bridgehead atoms. The van der Waals surface area contributed by atoms with Crippen molar-refractivity contribution in [1.29, 1.82) is 0 Å². The zero-order valence-corrected chi connectivity index (χ0v) is 7.84. The molecule has 1 aromatic rings. The lowest BCUT2D eigenvalue weighted by atomic mass is 9.98. The van der Waals surface area contributed by atoms with Crippen molar-refractivity contribution in [3.05, 3.63) is 35.4 Å². The van der Waals surface area contributed by atoms with Crippen molar-refractivity contribution in [3.63, 3.8) is 0 Å². The summed E-state index contributed by atoms with van der Waals surface area (Å²) in [5, 5.41) is 0. The molecule has 1 aromatic carbocycles. The van der Waals surface area contributed by atoms with Gasteiger partial charge in [0.15, 0.2) is 0 Å². The highest BCUT2D eigenvalue weighted by atomic mass is 19.3. The van der Waals surface area contributed by atoms with Crippen LogP contribution in [0.4, 0.5) is 8.78 Å². The molecule has 1 aliphatic carbocycles. The second-order valence-electron chi connectivity index (χ2n) is 3.77. The second-order valence-corrected chi connectivity index (χ2v) is 3.77. The maximum absolute atomic E-state index is 13.4. The first-order valence-electron chi connectivity index (χ1n) is 4.82. The summed E-state index contributed by atoms with van der Waals surface area (Å²) < 4.78 is 26.8. The molecule has 0 aliphatic heterocycles. The van der Waals surface area contributed by atoms with Crippen LogP contribution in [0.5, 0.6) is 0 Å². The first-order chi connectivity index (χ1) is 6.65. The Labute approximate surface area is 81.9 Å². The Morgan fingerprint density at radius 1 is 1.29 bits per heavy atom. The van der Waals surface area contributed by atoms with Gasteiger partial charge >= 0.3 is 0 Å². The van der Waals surface area contributed by atoms with Gasteiger partial charge in [-0.25, -0.2) is 0 Å². The van der Waals surface area contributed by atoms with Crippen molar-refractivity contribution in [3.8, 4) is 0 Å². The molecule has 1 fully saturated rings. The van der Waals surface area contributed by atoms with E-state index in [1.54, 1.807) is 12.1 Å². The van der Waals surface area contributed by atoms with Gasteiger partial charge in [-0.05, 0) is 24.3 Å². The number of rotatable bonds is 3. The number of nitrogens with two attached hydrogens (primary N) is 1. The van der Waals surface area contributed by atoms with Crippen molar-refractivity contribution < 1.29 is 8.78 Å². The first-order valence-corrected chi connectivity index (χ1v) is 4.82. The van der Waals surface area contributed by atoms with Crippen LogP contribution in [0.2, 0.25) is 0 Å². The fraction of sp³-hybridized carbons (Fsp3) is 0.455. The normalized spacial score (nSPS) is 17.1. The van der Waals surface area contributed by atoms with Crippen LogP contribution in [0.15, 0.2) is 24.3 Å². The molecule has 0 saturated heterocycles. The van der Waals surface area contributed by atoms with Gasteiger partial charge < -0.3 is 5.73 Å². The summed E-state index contributed by atoms with van der Waals surface area (Å²) in [7, 11) is 0. The molecule has 0 unspecified atom stereocenters. The number of hydrogen-bond donors (Lipinski definition) is 1. The summed E-state index contributed by atoms with van der Waals surface area (Å²) in [5.74, 6) is -2.54. The van der Waals surface area contributed by atoms with E-state index in [0.717, 1.165) is 18.4 Å². The third kappa shape index (κ3) is 1.64. The number of alkyl halides is 2. The van der Waals surface area contributed by atoms with Gasteiger partial charge in [0, 0.05) is 5.56 Å². The minimum atomic E-state index is -2.88. The third-order valence-electron chi connectivity index (χ3n) is 2.63. The summed E-state index contributed by atoms with van der Waals surface area (Å²) in [6, 6.07) is 6.73. The van der Waals surface area contributed by atoms with E-state index in [0.29, 0.717) is 5.92 Å². The van der Waals surface area contributed by atoms with E-state index < -0.39 is 12.5 Å². The predicted octanol–water partition coefficient (Wildman–Crippen LogP) is 2.61. The Kier molecular flexibility index (Phi) is 2.27. The molecule has 0 radical (unpaired) electrons. The van der Waals surface area contributed by atoms with Crippen LogP contribution in [-0.2, 0) is 5.92 Å². The van der Waals surface area contributed by atoms with Crippen molar-refractivity contribution in [2.75, 3.05) is 6.54 Å². The van der Waals surface area contributed by atoms with Crippen LogP contribution in [0.25, 0.3) is 0 Å². The van der Waals surface area contributed by atoms with E-state index in [-0.39, 0.29) is 5.56 Å². The Morgan fingerprint density at radius 3 is 2.50 bits per heavy atom. The quantitative estimate of drug-likeness (QED) is 0.792. The highest BCUT2D eigenvalue weighted by molar-refractivity contribution is 5.36. The van der Waals surface area contributed by atoms with Crippen molar-refractivity contribution in [2.24, 2.45) is 5.73 Å². The molecule has 76 valence electrons. The van der Waals surface area contributed by atoms with Crippen molar-refractivity contribution in [1.82, 2.24) is 0 Å². The van der Waals surface area contributed by atoms with Crippen LogP contribution in [0.3, 0.4) is 0 Å². The Balaban J connectivity index is 2.40. The molecule has 2 rings (SSSR count). The van der Waals surface area contributed by atoms with Crippen LogP contribution < -0.4 is 5.73 Å². The second kappa shape index (κ2) is 3.31. The SMILES string of the molecule is NCC(F)(F)c1ccccc1C1CC1. The molecule has 0 amide bonds. The molecule has 0 atom stereocenters. The van der Waals surface area contributed by atoms with Gasteiger partial charge in [-0.15, -0.1) is 0 Å². The Hall–Kier alpha value is -0.960. The molecule has 2 N–H and O–H groups in total. The minimum absolute atomic E-state index is 0.116. The maximum Gasteiger partial charge on any atom is 0.285 e. The molecule has 1 nitrogen and oxygen atoms in total. The van der Waals surface area contributed by atoms with Gasteiger partial charge in [-0.3, -0.25) is 0 Å².